The molecule has 0 radical (unpaired) electrons. The van der Waals surface area contributed by atoms with Crippen molar-refractivity contribution in [1.29, 1.82) is 0 Å². The number of nitrogens with zero attached hydrogens (tertiary/aromatic N) is 1. The van der Waals surface area contributed by atoms with Gasteiger partial charge in [0.05, 0.1) is 13.2 Å². The zero-order valence-corrected chi connectivity index (χ0v) is 12.2. The minimum Gasteiger partial charge on any atom is -0.493 e. The summed E-state index contributed by atoms with van der Waals surface area (Å²) in [5.41, 5.74) is 0.957. The molecule has 1 unspecified atom stereocenters. The van der Waals surface area contributed by atoms with Gasteiger partial charge in [-0.25, -0.2) is 4.98 Å². The summed E-state index contributed by atoms with van der Waals surface area (Å²) in [7, 11) is 1.61. The Morgan fingerprint density at radius 2 is 2.05 bits per heavy atom. The van der Waals surface area contributed by atoms with Gasteiger partial charge < -0.3 is 10.1 Å². The fourth-order valence-corrected chi connectivity index (χ4v) is 2.37. The average Bonchev–Trinajstić information content (AvgIpc) is 2.39. The maximum atomic E-state index is 6.19. The minimum atomic E-state index is -0.00596. The Morgan fingerprint density at radius 1 is 1.26 bits per heavy atom. The molecule has 100 valence electrons. The Morgan fingerprint density at radius 3 is 2.74 bits per heavy atom. The van der Waals surface area contributed by atoms with Crippen molar-refractivity contribution >= 4 is 29.0 Å². The summed E-state index contributed by atoms with van der Waals surface area (Å²) in [6, 6.07) is 9.12. The van der Waals surface area contributed by atoms with Gasteiger partial charge in [-0.1, -0.05) is 29.3 Å². The zero-order valence-electron chi connectivity index (χ0n) is 10.7. The summed E-state index contributed by atoms with van der Waals surface area (Å²) in [5, 5.41) is 4.52. The highest BCUT2D eigenvalue weighted by atomic mass is 35.5. The highest BCUT2D eigenvalue weighted by Crippen LogP contribution is 2.30. The van der Waals surface area contributed by atoms with Crippen molar-refractivity contribution in [2.75, 3.05) is 12.4 Å². The molecule has 1 atom stereocenters. The van der Waals surface area contributed by atoms with E-state index < -0.39 is 0 Å². The Labute approximate surface area is 122 Å². The van der Waals surface area contributed by atoms with Gasteiger partial charge in [0.1, 0.15) is 0 Å². The normalized spacial score (nSPS) is 12.0. The van der Waals surface area contributed by atoms with E-state index in [0.29, 0.717) is 21.6 Å². The van der Waals surface area contributed by atoms with Crippen LogP contribution in [0.4, 0.5) is 5.82 Å². The highest BCUT2D eigenvalue weighted by Gasteiger charge is 2.12. The second-order valence-electron chi connectivity index (χ2n) is 4.09. The van der Waals surface area contributed by atoms with Crippen molar-refractivity contribution in [1.82, 2.24) is 4.98 Å². The number of rotatable bonds is 4. The van der Waals surface area contributed by atoms with E-state index in [4.69, 9.17) is 27.9 Å². The highest BCUT2D eigenvalue weighted by molar-refractivity contribution is 6.35. The van der Waals surface area contributed by atoms with E-state index in [1.165, 1.54) is 0 Å². The van der Waals surface area contributed by atoms with Crippen LogP contribution >= 0.6 is 23.2 Å². The number of nitrogens with one attached hydrogen (secondary N) is 1. The summed E-state index contributed by atoms with van der Waals surface area (Å²) >= 11 is 12.1. The maximum absolute atomic E-state index is 6.19. The molecule has 0 amide bonds. The third kappa shape index (κ3) is 3.31. The maximum Gasteiger partial charge on any atom is 0.169 e. The number of halogens is 2. The summed E-state index contributed by atoms with van der Waals surface area (Å²) in [5.74, 6) is 1.38. The summed E-state index contributed by atoms with van der Waals surface area (Å²) in [6.07, 6.45) is 1.71. The van der Waals surface area contributed by atoms with Gasteiger partial charge in [0.25, 0.3) is 0 Å². The van der Waals surface area contributed by atoms with Crippen LogP contribution in [0.5, 0.6) is 5.75 Å². The number of aromatic nitrogens is 1. The standard InChI is InChI=1S/C14H14Cl2N2O/c1-9(11-6-5-10(15)8-12(11)16)18-14-13(19-2)4-3-7-17-14/h3-9H,1-2H3,(H,17,18). The molecule has 1 heterocycles. The molecule has 0 bridgehead atoms. The summed E-state index contributed by atoms with van der Waals surface area (Å²) in [6.45, 7) is 2.00. The lowest BCUT2D eigenvalue weighted by atomic mass is 10.1. The largest absolute Gasteiger partial charge is 0.493 e. The van der Waals surface area contributed by atoms with Crippen molar-refractivity contribution in [2.24, 2.45) is 0 Å². The van der Waals surface area contributed by atoms with E-state index in [1.807, 2.05) is 31.2 Å². The molecular weight excluding hydrogens is 283 g/mol. The molecule has 1 aromatic heterocycles. The lowest BCUT2D eigenvalue weighted by molar-refractivity contribution is 0.414. The van der Waals surface area contributed by atoms with Crippen LogP contribution < -0.4 is 10.1 Å². The number of ether oxygens (including phenoxy) is 1. The molecule has 0 aliphatic heterocycles. The quantitative estimate of drug-likeness (QED) is 0.897. The minimum absolute atomic E-state index is 0.00596. The van der Waals surface area contributed by atoms with Crippen molar-refractivity contribution in [3.8, 4) is 5.75 Å². The lowest BCUT2D eigenvalue weighted by Gasteiger charge is -2.18. The fraction of sp³-hybridized carbons (Fsp3) is 0.214. The van der Waals surface area contributed by atoms with Crippen LogP contribution in [0.25, 0.3) is 0 Å². The molecule has 0 saturated carbocycles. The average molecular weight is 297 g/mol. The fourth-order valence-electron chi connectivity index (χ4n) is 1.80. The van der Waals surface area contributed by atoms with E-state index in [0.717, 1.165) is 5.56 Å². The van der Waals surface area contributed by atoms with Crippen molar-refractivity contribution in [3.05, 3.63) is 52.1 Å². The van der Waals surface area contributed by atoms with Crippen molar-refractivity contribution in [2.45, 2.75) is 13.0 Å². The molecular formula is C14H14Cl2N2O. The van der Waals surface area contributed by atoms with Crippen LogP contribution in [0.15, 0.2) is 36.5 Å². The number of pyridine rings is 1. The topological polar surface area (TPSA) is 34.1 Å². The Balaban J connectivity index is 2.23. The van der Waals surface area contributed by atoms with Crippen molar-refractivity contribution < 1.29 is 4.74 Å². The van der Waals surface area contributed by atoms with Crippen LogP contribution in [0.3, 0.4) is 0 Å². The molecule has 1 aromatic carbocycles. The molecule has 2 rings (SSSR count). The second kappa shape index (κ2) is 6.13. The van der Waals surface area contributed by atoms with Crippen LogP contribution in [0.1, 0.15) is 18.5 Å². The smallest absolute Gasteiger partial charge is 0.169 e. The van der Waals surface area contributed by atoms with Gasteiger partial charge >= 0.3 is 0 Å². The van der Waals surface area contributed by atoms with E-state index in [9.17, 15) is 0 Å². The van der Waals surface area contributed by atoms with E-state index in [1.54, 1.807) is 19.4 Å². The first-order valence-corrected chi connectivity index (χ1v) is 6.58. The molecule has 3 nitrogen and oxygen atoms in total. The Hall–Kier alpha value is -1.45. The number of methoxy groups -OCH3 is 1. The second-order valence-corrected chi connectivity index (χ2v) is 4.93. The SMILES string of the molecule is COc1cccnc1NC(C)c1ccc(Cl)cc1Cl. The number of anilines is 1. The molecule has 1 N–H and O–H groups in total. The third-order valence-electron chi connectivity index (χ3n) is 2.77. The van der Waals surface area contributed by atoms with Gasteiger partial charge in [-0.05, 0) is 36.8 Å². The van der Waals surface area contributed by atoms with Gasteiger partial charge in [0.15, 0.2) is 11.6 Å². The van der Waals surface area contributed by atoms with Gasteiger partial charge in [-0.3, -0.25) is 0 Å². The zero-order chi connectivity index (χ0) is 13.8. The van der Waals surface area contributed by atoms with E-state index in [2.05, 4.69) is 10.3 Å². The van der Waals surface area contributed by atoms with Gasteiger partial charge in [-0.2, -0.15) is 0 Å². The first kappa shape index (κ1) is 14.0. The van der Waals surface area contributed by atoms with Gasteiger partial charge in [-0.15, -0.1) is 0 Å². The molecule has 2 aromatic rings. The Kier molecular flexibility index (Phi) is 4.51. The van der Waals surface area contributed by atoms with Crippen molar-refractivity contribution in [3.63, 3.8) is 0 Å². The lowest BCUT2D eigenvalue weighted by Crippen LogP contribution is -2.09. The first-order chi connectivity index (χ1) is 9.11. The van der Waals surface area contributed by atoms with Crippen LogP contribution in [-0.4, -0.2) is 12.1 Å². The molecule has 0 aliphatic carbocycles. The molecule has 19 heavy (non-hydrogen) atoms. The molecule has 0 saturated heterocycles. The number of hydrogen-bond acceptors (Lipinski definition) is 3. The van der Waals surface area contributed by atoms with Crippen LogP contribution in [0.2, 0.25) is 10.0 Å². The first-order valence-electron chi connectivity index (χ1n) is 5.82. The van der Waals surface area contributed by atoms with Crippen LogP contribution in [0, 0.1) is 0 Å². The Bertz CT molecular complexity index is 575. The van der Waals surface area contributed by atoms with Gasteiger partial charge in [0.2, 0.25) is 0 Å². The molecule has 0 fully saturated rings. The summed E-state index contributed by atoms with van der Waals surface area (Å²) < 4.78 is 5.25. The van der Waals surface area contributed by atoms with E-state index in [-0.39, 0.29) is 6.04 Å². The van der Waals surface area contributed by atoms with E-state index >= 15 is 0 Å². The monoisotopic (exact) mass is 296 g/mol. The predicted octanol–water partition coefficient (Wildman–Crippen LogP) is 4.57. The summed E-state index contributed by atoms with van der Waals surface area (Å²) in [4.78, 5) is 4.26. The number of hydrogen-bond donors (Lipinski definition) is 1. The molecule has 0 aliphatic rings. The predicted molar refractivity (Wildman–Crippen MR) is 79.3 cm³/mol. The third-order valence-corrected chi connectivity index (χ3v) is 3.34. The molecule has 0 spiro atoms. The van der Waals surface area contributed by atoms with Gasteiger partial charge in [0, 0.05) is 16.2 Å². The molecule has 5 heteroatoms. The van der Waals surface area contributed by atoms with Crippen LogP contribution in [-0.2, 0) is 0 Å². The number of benzene rings is 1.